The number of pyridine rings is 1. The fraction of sp³-hybridized carbons (Fsp3) is 0.273. The third kappa shape index (κ3) is 6.13. The lowest BCUT2D eigenvalue weighted by Crippen LogP contribution is -2.56. The lowest BCUT2D eigenvalue weighted by molar-refractivity contribution is -0.137. The molecule has 2 aromatic heterocycles. The van der Waals surface area contributed by atoms with E-state index < -0.39 is 52.5 Å². The van der Waals surface area contributed by atoms with Gasteiger partial charge in [-0.3, -0.25) is 9.52 Å². The van der Waals surface area contributed by atoms with Crippen LogP contribution in [0.4, 0.5) is 39.0 Å². The first-order valence-electron chi connectivity index (χ1n) is 10.5. The number of benzene rings is 1. The molecule has 8 nitrogen and oxygen atoms in total. The van der Waals surface area contributed by atoms with E-state index in [9.17, 15) is 35.2 Å². The van der Waals surface area contributed by atoms with E-state index in [2.05, 4.69) is 15.0 Å². The van der Waals surface area contributed by atoms with Crippen molar-refractivity contribution in [3.8, 4) is 5.82 Å². The zero-order chi connectivity index (χ0) is 27.3. The normalized spacial score (nSPS) is 15.3. The van der Waals surface area contributed by atoms with Gasteiger partial charge in [-0.2, -0.15) is 13.2 Å². The van der Waals surface area contributed by atoms with E-state index in [0.29, 0.717) is 0 Å². The lowest BCUT2D eigenvalue weighted by Gasteiger charge is -2.40. The first-order chi connectivity index (χ1) is 17.0. The molecule has 0 bridgehead atoms. The number of nitrogens with one attached hydrogen (secondary N) is 2. The highest BCUT2D eigenvalue weighted by Gasteiger charge is 2.45. The molecular weight excluding hydrogens is 545 g/mol. The van der Waals surface area contributed by atoms with Crippen LogP contribution in [0.25, 0.3) is 5.82 Å². The molecule has 37 heavy (non-hydrogen) atoms. The van der Waals surface area contributed by atoms with Gasteiger partial charge in [0.2, 0.25) is 10.0 Å². The van der Waals surface area contributed by atoms with E-state index in [1.165, 1.54) is 31.2 Å². The smallest absolute Gasteiger partial charge is 0.358 e. The Bertz CT molecular complexity index is 1480. The van der Waals surface area contributed by atoms with E-state index in [1.807, 2.05) is 0 Å². The molecular formula is C22H19ClF5N5O3S. The molecule has 0 aliphatic carbocycles. The third-order valence-electron chi connectivity index (χ3n) is 5.33. The highest BCUT2D eigenvalue weighted by molar-refractivity contribution is 7.92. The topological polar surface area (TPSA) is 96.3 Å². The molecule has 0 atom stereocenters. The fourth-order valence-corrected chi connectivity index (χ4v) is 4.56. The van der Waals surface area contributed by atoms with Crippen molar-refractivity contribution in [3.63, 3.8) is 0 Å². The molecule has 1 amide bonds. The molecule has 0 saturated carbocycles. The van der Waals surface area contributed by atoms with Crippen LogP contribution in [-0.2, 0) is 16.2 Å². The number of hydrogen-bond donors (Lipinski definition) is 2. The van der Waals surface area contributed by atoms with Crippen molar-refractivity contribution in [2.45, 2.75) is 19.0 Å². The quantitative estimate of drug-likeness (QED) is 0.415. The molecule has 2 N–H and O–H groups in total. The van der Waals surface area contributed by atoms with Crippen LogP contribution in [-0.4, -0.2) is 49.1 Å². The Morgan fingerprint density at radius 3 is 2.35 bits per heavy atom. The van der Waals surface area contributed by atoms with Crippen LogP contribution in [0.15, 0.2) is 42.7 Å². The van der Waals surface area contributed by atoms with Crippen LogP contribution >= 0.6 is 11.6 Å². The molecule has 0 unspecified atom stereocenters. The standard InChI is InChI=1S/C22H19ClF5N5O3S/c1-12-3-13(20(34)30-15-4-14(23)5-16(6-15)31-37(2,35)36)9-33(12)19-18(22(26,27)28)7-17(8-29-19)32-10-21(24,25)11-32/h3-9,31H,10-11H2,1-2H3,(H,30,34). The van der Waals surface area contributed by atoms with Gasteiger partial charge in [0, 0.05) is 22.6 Å². The number of rotatable bonds is 6. The number of anilines is 3. The van der Waals surface area contributed by atoms with Gasteiger partial charge in [-0.15, -0.1) is 0 Å². The summed E-state index contributed by atoms with van der Waals surface area (Å²) >= 11 is 5.99. The molecule has 1 aromatic carbocycles. The largest absolute Gasteiger partial charge is 0.420 e. The molecule has 3 aromatic rings. The van der Waals surface area contributed by atoms with Gasteiger partial charge in [-0.1, -0.05) is 11.6 Å². The van der Waals surface area contributed by atoms with Gasteiger partial charge in [-0.05, 0) is 37.3 Å². The van der Waals surface area contributed by atoms with Crippen LogP contribution in [0.3, 0.4) is 0 Å². The molecule has 1 saturated heterocycles. The van der Waals surface area contributed by atoms with Crippen molar-refractivity contribution in [2.24, 2.45) is 0 Å². The average molecular weight is 564 g/mol. The van der Waals surface area contributed by atoms with Crippen LogP contribution < -0.4 is 14.9 Å². The van der Waals surface area contributed by atoms with E-state index >= 15 is 0 Å². The van der Waals surface area contributed by atoms with Crippen LogP contribution in [0.1, 0.15) is 21.6 Å². The predicted octanol–water partition coefficient (Wildman–Crippen LogP) is 4.93. The molecule has 3 heterocycles. The fourth-order valence-electron chi connectivity index (χ4n) is 3.78. The highest BCUT2D eigenvalue weighted by Crippen LogP contribution is 2.38. The van der Waals surface area contributed by atoms with Gasteiger partial charge in [0.15, 0.2) is 0 Å². The molecule has 4 rings (SSSR count). The second kappa shape index (κ2) is 9.17. The van der Waals surface area contributed by atoms with Gasteiger partial charge in [-0.25, -0.2) is 22.2 Å². The number of alkyl halides is 5. The maximum absolute atomic E-state index is 13.9. The van der Waals surface area contributed by atoms with E-state index in [1.54, 1.807) is 0 Å². The summed E-state index contributed by atoms with van der Waals surface area (Å²) < 4.78 is 94.3. The van der Waals surface area contributed by atoms with Crippen molar-refractivity contribution in [1.82, 2.24) is 9.55 Å². The Balaban J connectivity index is 1.63. The van der Waals surface area contributed by atoms with Crippen molar-refractivity contribution in [2.75, 3.05) is 34.3 Å². The van der Waals surface area contributed by atoms with Gasteiger partial charge < -0.3 is 14.8 Å². The Kier molecular flexibility index (Phi) is 6.61. The molecule has 1 aliphatic rings. The average Bonchev–Trinajstić information content (AvgIpc) is 3.11. The number of sulfonamides is 1. The predicted molar refractivity (Wildman–Crippen MR) is 128 cm³/mol. The van der Waals surface area contributed by atoms with E-state index in [-0.39, 0.29) is 33.3 Å². The van der Waals surface area contributed by atoms with Crippen molar-refractivity contribution in [3.05, 3.63) is 64.6 Å². The SMILES string of the molecule is Cc1cc(C(=O)Nc2cc(Cl)cc(NS(C)(=O)=O)c2)cn1-c1ncc(N2CC(F)(F)C2)cc1C(F)(F)F. The molecule has 1 fully saturated rings. The third-order valence-corrected chi connectivity index (χ3v) is 6.15. The number of hydrogen-bond acceptors (Lipinski definition) is 5. The Morgan fingerprint density at radius 1 is 1.11 bits per heavy atom. The second-order valence-electron chi connectivity index (χ2n) is 8.57. The first-order valence-corrected chi connectivity index (χ1v) is 12.8. The molecule has 0 radical (unpaired) electrons. The number of aryl methyl sites for hydroxylation is 1. The minimum atomic E-state index is -4.85. The summed E-state index contributed by atoms with van der Waals surface area (Å²) in [6.45, 7) is 0.0578. The van der Waals surface area contributed by atoms with Crippen molar-refractivity contribution >= 4 is 44.6 Å². The van der Waals surface area contributed by atoms with Crippen LogP contribution in [0.5, 0.6) is 0 Å². The van der Waals surface area contributed by atoms with E-state index in [4.69, 9.17) is 11.6 Å². The molecule has 1 aliphatic heterocycles. The minimum Gasteiger partial charge on any atom is -0.358 e. The summed E-state index contributed by atoms with van der Waals surface area (Å²) in [7, 11) is -3.62. The van der Waals surface area contributed by atoms with Gasteiger partial charge in [0.1, 0.15) is 11.4 Å². The minimum absolute atomic E-state index is 0.0171. The summed E-state index contributed by atoms with van der Waals surface area (Å²) in [5.41, 5.74) is -0.785. The second-order valence-corrected chi connectivity index (χ2v) is 10.8. The summed E-state index contributed by atoms with van der Waals surface area (Å²) in [5, 5.41) is 2.64. The monoisotopic (exact) mass is 563 g/mol. The Morgan fingerprint density at radius 2 is 1.76 bits per heavy atom. The summed E-state index contributed by atoms with van der Waals surface area (Å²) in [5.74, 6) is -4.20. The van der Waals surface area contributed by atoms with Gasteiger partial charge >= 0.3 is 6.18 Å². The molecule has 198 valence electrons. The number of aromatic nitrogens is 2. The Labute approximate surface area is 213 Å². The van der Waals surface area contributed by atoms with Crippen LogP contribution in [0.2, 0.25) is 5.02 Å². The number of carbonyl (C=O) groups is 1. The zero-order valence-corrected chi connectivity index (χ0v) is 20.8. The van der Waals surface area contributed by atoms with Gasteiger partial charge in [0.05, 0.1) is 42.5 Å². The maximum atomic E-state index is 13.9. The lowest BCUT2D eigenvalue weighted by atomic mass is 10.1. The van der Waals surface area contributed by atoms with Crippen LogP contribution in [0, 0.1) is 6.92 Å². The summed E-state index contributed by atoms with van der Waals surface area (Å²) in [4.78, 5) is 17.8. The van der Waals surface area contributed by atoms with E-state index in [0.717, 1.165) is 34.2 Å². The molecule has 15 heteroatoms. The summed E-state index contributed by atoms with van der Waals surface area (Å²) in [6.07, 6.45) is -1.69. The zero-order valence-electron chi connectivity index (χ0n) is 19.2. The maximum Gasteiger partial charge on any atom is 0.420 e. The number of amides is 1. The van der Waals surface area contributed by atoms with Gasteiger partial charge in [0.25, 0.3) is 11.8 Å². The molecule has 0 spiro atoms. The summed E-state index contributed by atoms with van der Waals surface area (Å²) in [6, 6.07) is 6.09. The highest BCUT2D eigenvalue weighted by atomic mass is 35.5. The number of carbonyl (C=O) groups excluding carboxylic acids is 1. The van der Waals surface area contributed by atoms with Crippen molar-refractivity contribution in [1.29, 1.82) is 0 Å². The number of nitrogens with zero attached hydrogens (tertiary/aromatic N) is 3. The number of halogens is 6. The first kappa shape index (κ1) is 26.7. The van der Waals surface area contributed by atoms with Crippen molar-refractivity contribution < 1.29 is 35.2 Å². The Hall–Kier alpha value is -3.39.